The third-order valence-electron chi connectivity index (χ3n) is 3.01. The smallest absolute Gasteiger partial charge is 0.0939 e. The molecular formula is C13H19N. The van der Waals surface area contributed by atoms with Crippen molar-refractivity contribution in [2.45, 2.75) is 51.0 Å². The summed E-state index contributed by atoms with van der Waals surface area (Å²) in [6.45, 7) is 2.20. The van der Waals surface area contributed by atoms with Crippen LogP contribution in [0.1, 0.15) is 45.4 Å². The summed E-state index contributed by atoms with van der Waals surface area (Å²) in [6.07, 6.45) is 16.5. The highest BCUT2D eigenvalue weighted by atomic mass is 14.8. The molecule has 0 aliphatic heterocycles. The van der Waals surface area contributed by atoms with Crippen molar-refractivity contribution in [1.29, 1.82) is 0 Å². The second-order valence-electron chi connectivity index (χ2n) is 4.50. The highest BCUT2D eigenvalue weighted by molar-refractivity contribution is 5.85. The Balaban J connectivity index is 2.10. The van der Waals surface area contributed by atoms with E-state index < -0.39 is 0 Å². The fraction of sp³-hybridized carbons (Fsp3) is 0.615. The number of hydrogen-bond donors (Lipinski definition) is 0. The van der Waals surface area contributed by atoms with E-state index in [0.29, 0.717) is 0 Å². The van der Waals surface area contributed by atoms with Crippen molar-refractivity contribution >= 4 is 5.71 Å². The largest absolute Gasteiger partial charge is 0.279 e. The van der Waals surface area contributed by atoms with E-state index in [1.54, 1.807) is 0 Å². The second-order valence-corrected chi connectivity index (χ2v) is 4.50. The van der Waals surface area contributed by atoms with Crippen LogP contribution in [0.3, 0.4) is 0 Å². The molecule has 0 aromatic carbocycles. The normalized spacial score (nSPS) is 25.1. The van der Waals surface area contributed by atoms with Crippen molar-refractivity contribution in [1.82, 2.24) is 0 Å². The number of aliphatic imine (C=N–C) groups is 1. The van der Waals surface area contributed by atoms with Gasteiger partial charge >= 0.3 is 0 Å². The minimum absolute atomic E-state index is 0.0368. The predicted molar refractivity (Wildman–Crippen MR) is 61.8 cm³/mol. The predicted octanol–water partition coefficient (Wildman–Crippen LogP) is 3.67. The highest BCUT2D eigenvalue weighted by Gasteiger charge is 2.18. The maximum absolute atomic E-state index is 4.87. The molecule has 2 aliphatic rings. The third kappa shape index (κ3) is 2.34. The Morgan fingerprint density at radius 1 is 1.07 bits per heavy atom. The molecule has 0 spiro atoms. The topological polar surface area (TPSA) is 12.4 Å². The summed E-state index contributed by atoms with van der Waals surface area (Å²) >= 11 is 0. The van der Waals surface area contributed by atoms with Gasteiger partial charge in [0.15, 0.2) is 0 Å². The lowest BCUT2D eigenvalue weighted by molar-refractivity contribution is 0.642. The van der Waals surface area contributed by atoms with Gasteiger partial charge in [-0.25, -0.2) is 0 Å². The summed E-state index contributed by atoms with van der Waals surface area (Å²) in [6, 6.07) is 0. The molecule has 0 aromatic heterocycles. The van der Waals surface area contributed by atoms with Crippen LogP contribution in [0, 0.1) is 0 Å². The standard InChI is InChI=1S/C13H19N/c1-13(10-6-3-7-11-13)14-12-8-4-2-5-9-12/h6-7,10-11H,2-5,8-9H2,1H3. The zero-order chi connectivity index (χ0) is 9.86. The lowest BCUT2D eigenvalue weighted by Gasteiger charge is -2.23. The lowest BCUT2D eigenvalue weighted by atomic mass is 9.94. The van der Waals surface area contributed by atoms with Crippen LogP contribution >= 0.6 is 0 Å². The quantitative estimate of drug-likeness (QED) is 0.558. The summed E-state index contributed by atoms with van der Waals surface area (Å²) in [5.74, 6) is 0. The van der Waals surface area contributed by atoms with Crippen molar-refractivity contribution in [2.24, 2.45) is 4.99 Å². The zero-order valence-electron chi connectivity index (χ0n) is 9.00. The van der Waals surface area contributed by atoms with Crippen LogP contribution in [0.5, 0.6) is 0 Å². The van der Waals surface area contributed by atoms with Crippen LogP contribution in [0.2, 0.25) is 0 Å². The molecule has 0 atom stereocenters. The van der Waals surface area contributed by atoms with E-state index in [4.69, 9.17) is 4.99 Å². The van der Waals surface area contributed by atoms with Crippen LogP contribution in [-0.4, -0.2) is 11.3 Å². The van der Waals surface area contributed by atoms with Gasteiger partial charge in [0.2, 0.25) is 0 Å². The van der Waals surface area contributed by atoms with Crippen LogP contribution < -0.4 is 0 Å². The van der Waals surface area contributed by atoms with Gasteiger partial charge in [-0.15, -0.1) is 0 Å². The summed E-state index contributed by atoms with van der Waals surface area (Å²) in [7, 11) is 0. The maximum Gasteiger partial charge on any atom is 0.0939 e. The first kappa shape index (κ1) is 9.70. The summed E-state index contributed by atoms with van der Waals surface area (Å²) < 4.78 is 0. The molecule has 0 saturated heterocycles. The molecular weight excluding hydrogens is 170 g/mol. The SMILES string of the molecule is CC1(N=C2CCCCC2)C=CCC=C1. The minimum Gasteiger partial charge on any atom is -0.279 e. The summed E-state index contributed by atoms with van der Waals surface area (Å²) in [5, 5.41) is 0. The Labute approximate surface area is 86.6 Å². The Bertz CT molecular complexity index is 264. The van der Waals surface area contributed by atoms with Gasteiger partial charge in [0.1, 0.15) is 0 Å². The molecule has 0 radical (unpaired) electrons. The van der Waals surface area contributed by atoms with E-state index in [9.17, 15) is 0 Å². The molecule has 2 aliphatic carbocycles. The number of rotatable bonds is 1. The van der Waals surface area contributed by atoms with Crippen molar-refractivity contribution in [2.75, 3.05) is 0 Å². The average Bonchev–Trinajstić information content (AvgIpc) is 2.19. The van der Waals surface area contributed by atoms with Crippen molar-refractivity contribution < 1.29 is 0 Å². The summed E-state index contributed by atoms with van der Waals surface area (Å²) in [4.78, 5) is 4.87. The first-order chi connectivity index (χ1) is 6.79. The molecule has 0 N–H and O–H groups in total. The van der Waals surface area contributed by atoms with Gasteiger partial charge in [-0.1, -0.05) is 30.7 Å². The second kappa shape index (κ2) is 4.12. The van der Waals surface area contributed by atoms with Gasteiger partial charge in [-0.3, -0.25) is 4.99 Å². The van der Waals surface area contributed by atoms with Gasteiger partial charge in [-0.2, -0.15) is 0 Å². The van der Waals surface area contributed by atoms with Crippen LogP contribution in [0.25, 0.3) is 0 Å². The monoisotopic (exact) mass is 189 g/mol. The number of nitrogens with zero attached hydrogens (tertiary/aromatic N) is 1. The van der Waals surface area contributed by atoms with Gasteiger partial charge in [0.05, 0.1) is 5.54 Å². The molecule has 1 saturated carbocycles. The van der Waals surface area contributed by atoms with E-state index >= 15 is 0 Å². The Hall–Kier alpha value is -0.850. The molecule has 76 valence electrons. The average molecular weight is 189 g/mol. The third-order valence-corrected chi connectivity index (χ3v) is 3.01. The first-order valence-electron chi connectivity index (χ1n) is 5.71. The van der Waals surface area contributed by atoms with Crippen molar-refractivity contribution in [3.63, 3.8) is 0 Å². The van der Waals surface area contributed by atoms with Gasteiger partial charge in [-0.05, 0) is 39.0 Å². The Morgan fingerprint density at radius 3 is 2.36 bits per heavy atom. The van der Waals surface area contributed by atoms with E-state index in [2.05, 4.69) is 31.2 Å². The summed E-state index contributed by atoms with van der Waals surface area (Å²) in [5.41, 5.74) is 1.39. The van der Waals surface area contributed by atoms with Crippen molar-refractivity contribution in [3.8, 4) is 0 Å². The minimum atomic E-state index is -0.0368. The Morgan fingerprint density at radius 2 is 1.71 bits per heavy atom. The molecule has 0 aromatic rings. The van der Waals surface area contributed by atoms with Gasteiger partial charge in [0.25, 0.3) is 0 Å². The van der Waals surface area contributed by atoms with Crippen molar-refractivity contribution in [3.05, 3.63) is 24.3 Å². The van der Waals surface area contributed by atoms with E-state index in [1.165, 1.54) is 37.8 Å². The van der Waals surface area contributed by atoms with E-state index in [-0.39, 0.29) is 5.54 Å². The van der Waals surface area contributed by atoms with Crippen LogP contribution in [0.4, 0.5) is 0 Å². The first-order valence-corrected chi connectivity index (χ1v) is 5.71. The van der Waals surface area contributed by atoms with Gasteiger partial charge in [0, 0.05) is 5.71 Å². The molecule has 1 heteroatoms. The molecule has 0 bridgehead atoms. The molecule has 14 heavy (non-hydrogen) atoms. The molecule has 1 fully saturated rings. The fourth-order valence-corrected chi connectivity index (χ4v) is 2.23. The molecule has 0 heterocycles. The van der Waals surface area contributed by atoms with Crippen LogP contribution in [0.15, 0.2) is 29.3 Å². The molecule has 1 nitrogen and oxygen atoms in total. The van der Waals surface area contributed by atoms with E-state index in [0.717, 1.165) is 6.42 Å². The zero-order valence-corrected chi connectivity index (χ0v) is 9.00. The molecule has 2 rings (SSSR count). The van der Waals surface area contributed by atoms with Crippen LogP contribution in [-0.2, 0) is 0 Å². The lowest BCUT2D eigenvalue weighted by Crippen LogP contribution is -2.20. The Kier molecular flexibility index (Phi) is 2.85. The highest BCUT2D eigenvalue weighted by Crippen LogP contribution is 2.23. The van der Waals surface area contributed by atoms with E-state index in [1.807, 2.05) is 0 Å². The molecule has 0 amide bonds. The van der Waals surface area contributed by atoms with Gasteiger partial charge < -0.3 is 0 Å². The number of hydrogen-bond acceptors (Lipinski definition) is 1. The number of allylic oxidation sites excluding steroid dienone is 2. The maximum atomic E-state index is 4.87. The fourth-order valence-electron chi connectivity index (χ4n) is 2.23. The molecule has 0 unspecified atom stereocenters.